The molecule has 1 fully saturated rings. The zero-order valence-corrected chi connectivity index (χ0v) is 13.7. The molecule has 2 rings (SSSR count). The highest BCUT2D eigenvalue weighted by Crippen LogP contribution is 2.32. The van der Waals surface area contributed by atoms with Gasteiger partial charge in [-0.25, -0.2) is 0 Å². The van der Waals surface area contributed by atoms with E-state index in [1.165, 1.54) is 24.4 Å². The average Bonchev–Trinajstić information content (AvgIpc) is 2.92. The van der Waals surface area contributed by atoms with Crippen molar-refractivity contribution in [2.24, 2.45) is 5.41 Å². The Labute approximate surface area is 134 Å². The van der Waals surface area contributed by atoms with Gasteiger partial charge in [-0.15, -0.1) is 11.8 Å². The number of carboxylic acids is 1. The molecule has 22 heavy (non-hydrogen) atoms. The van der Waals surface area contributed by atoms with E-state index in [-0.39, 0.29) is 19.1 Å². The van der Waals surface area contributed by atoms with Crippen molar-refractivity contribution in [1.82, 2.24) is 4.90 Å². The fourth-order valence-electron chi connectivity index (χ4n) is 2.59. The number of aryl methyl sites for hydroxylation is 1. The van der Waals surface area contributed by atoms with Crippen molar-refractivity contribution in [3.63, 3.8) is 0 Å². The Morgan fingerprint density at radius 3 is 2.64 bits per heavy atom. The average molecular weight is 323 g/mol. The minimum atomic E-state index is -0.959. The zero-order chi connectivity index (χ0) is 16.2. The maximum absolute atomic E-state index is 12.3. The molecule has 1 N–H and O–H groups in total. The first-order chi connectivity index (χ1) is 10.5. The van der Waals surface area contributed by atoms with Crippen LogP contribution in [-0.4, -0.2) is 54.4 Å². The Hall–Kier alpha value is -1.53. The number of hydrogen-bond donors (Lipinski definition) is 1. The number of benzene rings is 1. The van der Waals surface area contributed by atoms with E-state index in [1.54, 1.807) is 4.90 Å². The molecule has 1 aliphatic rings. The van der Waals surface area contributed by atoms with Crippen molar-refractivity contribution in [2.45, 2.75) is 18.2 Å². The summed E-state index contributed by atoms with van der Waals surface area (Å²) in [6.45, 7) is 2.86. The Balaban J connectivity index is 1.91. The van der Waals surface area contributed by atoms with Crippen molar-refractivity contribution >= 4 is 23.6 Å². The van der Waals surface area contributed by atoms with Gasteiger partial charge in [-0.1, -0.05) is 17.7 Å². The second-order valence-corrected chi connectivity index (χ2v) is 6.73. The lowest BCUT2D eigenvalue weighted by Crippen LogP contribution is -2.40. The molecule has 1 unspecified atom stereocenters. The molecule has 0 radical (unpaired) electrons. The first-order valence-electron chi connectivity index (χ1n) is 7.16. The molecule has 1 heterocycles. The molecule has 1 aromatic rings. The molecule has 0 bridgehead atoms. The van der Waals surface area contributed by atoms with Crippen LogP contribution < -0.4 is 0 Å². The van der Waals surface area contributed by atoms with Crippen molar-refractivity contribution in [1.29, 1.82) is 0 Å². The Kier molecular flexibility index (Phi) is 5.47. The summed E-state index contributed by atoms with van der Waals surface area (Å²) in [4.78, 5) is 26.4. The smallest absolute Gasteiger partial charge is 0.313 e. The van der Waals surface area contributed by atoms with Crippen LogP contribution in [0.1, 0.15) is 12.0 Å². The number of thioether (sulfide) groups is 1. The van der Waals surface area contributed by atoms with Gasteiger partial charge >= 0.3 is 5.97 Å². The topological polar surface area (TPSA) is 66.8 Å². The summed E-state index contributed by atoms with van der Waals surface area (Å²) in [5, 5.41) is 9.41. The van der Waals surface area contributed by atoms with Crippen molar-refractivity contribution < 1.29 is 19.4 Å². The SMILES string of the molecule is COCC1(C(=O)O)CCN(C(=O)CSc2ccc(C)cc2)C1. The Morgan fingerprint density at radius 2 is 2.05 bits per heavy atom. The summed E-state index contributed by atoms with van der Waals surface area (Å²) in [5.41, 5.74) is 0.222. The predicted molar refractivity (Wildman–Crippen MR) is 85.0 cm³/mol. The maximum Gasteiger partial charge on any atom is 0.313 e. The molecule has 1 amide bonds. The van der Waals surface area contributed by atoms with Gasteiger partial charge in [0.25, 0.3) is 0 Å². The van der Waals surface area contributed by atoms with Crippen molar-refractivity contribution in [2.75, 3.05) is 32.6 Å². The number of amides is 1. The first-order valence-corrected chi connectivity index (χ1v) is 8.15. The molecule has 6 heteroatoms. The van der Waals surface area contributed by atoms with Crippen molar-refractivity contribution in [3.8, 4) is 0 Å². The molecule has 120 valence electrons. The normalized spacial score (nSPS) is 21.1. The summed E-state index contributed by atoms with van der Waals surface area (Å²) in [6.07, 6.45) is 0.442. The summed E-state index contributed by atoms with van der Waals surface area (Å²) >= 11 is 1.48. The van der Waals surface area contributed by atoms with E-state index in [9.17, 15) is 14.7 Å². The highest BCUT2D eigenvalue weighted by atomic mass is 32.2. The number of carbonyl (C=O) groups excluding carboxylic acids is 1. The van der Waals surface area contributed by atoms with E-state index in [1.807, 2.05) is 31.2 Å². The molecule has 0 saturated carbocycles. The van der Waals surface area contributed by atoms with E-state index in [4.69, 9.17) is 4.74 Å². The van der Waals surface area contributed by atoms with Crippen LogP contribution in [0, 0.1) is 12.3 Å². The van der Waals surface area contributed by atoms with Crippen LogP contribution in [0.5, 0.6) is 0 Å². The third-order valence-electron chi connectivity index (χ3n) is 3.96. The van der Waals surface area contributed by atoms with E-state index in [2.05, 4.69) is 0 Å². The van der Waals surface area contributed by atoms with E-state index in [0.29, 0.717) is 18.7 Å². The second-order valence-electron chi connectivity index (χ2n) is 5.69. The monoisotopic (exact) mass is 323 g/mol. The van der Waals surface area contributed by atoms with Gasteiger partial charge in [-0.2, -0.15) is 0 Å². The molecule has 0 aliphatic carbocycles. The van der Waals surface area contributed by atoms with Crippen LogP contribution in [0.3, 0.4) is 0 Å². The van der Waals surface area contributed by atoms with E-state index >= 15 is 0 Å². The van der Waals surface area contributed by atoms with Gasteiger partial charge in [0.1, 0.15) is 5.41 Å². The van der Waals surface area contributed by atoms with Crippen LogP contribution in [0.2, 0.25) is 0 Å². The van der Waals surface area contributed by atoms with Gasteiger partial charge in [0.05, 0.1) is 12.4 Å². The lowest BCUT2D eigenvalue weighted by molar-refractivity contribution is -0.151. The summed E-state index contributed by atoms with van der Waals surface area (Å²) < 4.78 is 5.03. The predicted octanol–water partition coefficient (Wildman–Crippen LogP) is 2.04. The molecule has 5 nitrogen and oxygen atoms in total. The molecule has 1 saturated heterocycles. The molecule has 1 atom stereocenters. The third-order valence-corrected chi connectivity index (χ3v) is 4.96. The number of carbonyl (C=O) groups is 2. The highest BCUT2D eigenvalue weighted by molar-refractivity contribution is 8.00. The molecule has 1 aliphatic heterocycles. The van der Waals surface area contributed by atoms with Crippen LogP contribution in [0.25, 0.3) is 0 Å². The van der Waals surface area contributed by atoms with E-state index in [0.717, 1.165) is 4.90 Å². The fourth-order valence-corrected chi connectivity index (χ4v) is 3.39. The van der Waals surface area contributed by atoms with Gasteiger partial charge in [0.2, 0.25) is 5.91 Å². The first kappa shape index (κ1) is 16.8. The van der Waals surface area contributed by atoms with Crippen molar-refractivity contribution in [3.05, 3.63) is 29.8 Å². The Bertz CT molecular complexity index is 546. The standard InChI is InChI=1S/C16H21NO4S/c1-12-3-5-13(6-4-12)22-9-14(18)17-8-7-16(10-17,11-21-2)15(19)20/h3-6H,7-11H2,1-2H3,(H,19,20). The van der Waals surface area contributed by atoms with Crippen LogP contribution in [0.15, 0.2) is 29.2 Å². The number of nitrogens with zero attached hydrogens (tertiary/aromatic N) is 1. The van der Waals surface area contributed by atoms with Gasteiger partial charge < -0.3 is 14.7 Å². The summed E-state index contributed by atoms with van der Waals surface area (Å²) in [6, 6.07) is 8.00. The maximum atomic E-state index is 12.3. The minimum Gasteiger partial charge on any atom is -0.481 e. The van der Waals surface area contributed by atoms with Gasteiger partial charge in [0.15, 0.2) is 0 Å². The summed E-state index contributed by atoms with van der Waals surface area (Å²) in [7, 11) is 1.49. The largest absolute Gasteiger partial charge is 0.481 e. The molecule has 0 aromatic heterocycles. The number of rotatable bonds is 6. The highest BCUT2D eigenvalue weighted by Gasteiger charge is 2.46. The van der Waals surface area contributed by atoms with E-state index < -0.39 is 11.4 Å². The molecular weight excluding hydrogens is 302 g/mol. The number of methoxy groups -OCH3 is 1. The Morgan fingerprint density at radius 1 is 1.36 bits per heavy atom. The second kappa shape index (κ2) is 7.15. The zero-order valence-electron chi connectivity index (χ0n) is 12.9. The number of aliphatic carboxylic acids is 1. The van der Waals surface area contributed by atoms with Gasteiger partial charge in [0, 0.05) is 25.1 Å². The molecular formula is C16H21NO4S. The lowest BCUT2D eigenvalue weighted by atomic mass is 9.88. The summed E-state index contributed by atoms with van der Waals surface area (Å²) in [5.74, 6) is -0.591. The van der Waals surface area contributed by atoms with Crippen LogP contribution >= 0.6 is 11.8 Å². The minimum absolute atomic E-state index is 0.0233. The van der Waals surface area contributed by atoms with Gasteiger partial charge in [-0.3, -0.25) is 9.59 Å². The van der Waals surface area contributed by atoms with Gasteiger partial charge in [-0.05, 0) is 25.5 Å². The lowest BCUT2D eigenvalue weighted by Gasteiger charge is -2.23. The number of carboxylic acid groups (broad SMARTS) is 1. The number of ether oxygens (including phenoxy) is 1. The number of hydrogen-bond acceptors (Lipinski definition) is 4. The molecule has 1 aromatic carbocycles. The molecule has 0 spiro atoms. The number of likely N-dealkylation sites (tertiary alicyclic amines) is 1. The third kappa shape index (κ3) is 3.81. The fraction of sp³-hybridized carbons (Fsp3) is 0.500. The van der Waals surface area contributed by atoms with Crippen LogP contribution in [-0.2, 0) is 14.3 Å². The van der Waals surface area contributed by atoms with Crippen LogP contribution in [0.4, 0.5) is 0 Å². The quantitative estimate of drug-likeness (QED) is 0.812.